The zero-order valence-corrected chi connectivity index (χ0v) is 23.0. The number of alkyl halides is 3. The van der Waals surface area contributed by atoms with Gasteiger partial charge in [0.2, 0.25) is 0 Å². The van der Waals surface area contributed by atoms with Crippen molar-refractivity contribution < 1.29 is 32.4 Å². The number of nitrogens with one attached hydrogen (secondary N) is 1. The number of aromatic nitrogens is 3. The van der Waals surface area contributed by atoms with Crippen LogP contribution in [0.4, 0.5) is 24.5 Å². The van der Waals surface area contributed by atoms with Gasteiger partial charge in [0.25, 0.3) is 11.6 Å². The number of ether oxygens (including phenoxy) is 2. The first-order valence-corrected chi connectivity index (χ1v) is 12.9. The number of nitro benzene ring substituents is 1. The molecule has 0 aliphatic heterocycles. The van der Waals surface area contributed by atoms with Crippen LogP contribution < -0.4 is 14.8 Å². The third kappa shape index (κ3) is 6.10. The molecule has 3 aromatic carbocycles. The SMILES string of the molecule is COc1ccccc1Oc1cc(NC(=O)c2cnn3c(C(F)(F)F)cc(-c4ccc(C(C)C)cc4)nc23)cc([N+](=O)[O-])c1. The van der Waals surface area contributed by atoms with E-state index in [1.807, 2.05) is 13.8 Å². The predicted molar refractivity (Wildman–Crippen MR) is 152 cm³/mol. The molecule has 0 bridgehead atoms. The summed E-state index contributed by atoms with van der Waals surface area (Å²) in [6.45, 7) is 3.99. The molecule has 5 rings (SSSR count). The molecule has 0 aliphatic carbocycles. The number of anilines is 1. The van der Waals surface area contributed by atoms with Gasteiger partial charge in [0, 0.05) is 17.7 Å². The lowest BCUT2D eigenvalue weighted by molar-refractivity contribution is -0.384. The third-order valence-electron chi connectivity index (χ3n) is 6.54. The van der Waals surface area contributed by atoms with Gasteiger partial charge in [-0.05, 0) is 29.7 Å². The van der Waals surface area contributed by atoms with Gasteiger partial charge >= 0.3 is 6.18 Å². The maximum Gasteiger partial charge on any atom is 0.433 e. The molecule has 0 saturated heterocycles. The standard InChI is InChI=1S/C30H24F3N5O5/c1-17(2)18-8-10-19(11-9-18)24-15-27(30(31,32)33)37-28(36-24)23(16-34-37)29(39)35-20-12-21(38(40)41)14-22(13-20)43-26-7-5-4-6-25(26)42-3/h4-17H,1-3H3,(H,35,39). The highest BCUT2D eigenvalue weighted by Gasteiger charge is 2.36. The monoisotopic (exact) mass is 591 g/mol. The Hall–Kier alpha value is -5.46. The van der Waals surface area contributed by atoms with Crippen LogP contribution in [0.15, 0.2) is 79.0 Å². The van der Waals surface area contributed by atoms with Gasteiger partial charge in [-0.25, -0.2) is 9.50 Å². The molecule has 0 unspecified atom stereocenters. The summed E-state index contributed by atoms with van der Waals surface area (Å²) in [5.41, 5.74) is -0.768. The second-order valence-corrected chi connectivity index (χ2v) is 9.77. The molecule has 5 aromatic rings. The number of carbonyl (C=O) groups is 1. The summed E-state index contributed by atoms with van der Waals surface area (Å²) in [6.07, 6.45) is -3.85. The van der Waals surface area contributed by atoms with Gasteiger partial charge in [-0.3, -0.25) is 14.9 Å². The highest BCUT2D eigenvalue weighted by molar-refractivity contribution is 6.08. The Morgan fingerprint density at radius 3 is 2.35 bits per heavy atom. The normalized spacial score (nSPS) is 11.5. The minimum atomic E-state index is -4.81. The van der Waals surface area contributed by atoms with E-state index in [2.05, 4.69) is 15.4 Å². The van der Waals surface area contributed by atoms with Crippen molar-refractivity contribution in [1.82, 2.24) is 14.6 Å². The highest BCUT2D eigenvalue weighted by Crippen LogP contribution is 2.36. The van der Waals surface area contributed by atoms with E-state index in [0.717, 1.165) is 30.0 Å². The fourth-order valence-corrected chi connectivity index (χ4v) is 4.36. The first-order chi connectivity index (χ1) is 20.4. The average Bonchev–Trinajstić information content (AvgIpc) is 3.40. The Kier molecular flexibility index (Phi) is 7.72. The molecule has 220 valence electrons. The molecule has 0 atom stereocenters. The molecule has 0 fully saturated rings. The van der Waals surface area contributed by atoms with Gasteiger partial charge < -0.3 is 14.8 Å². The zero-order chi connectivity index (χ0) is 30.9. The molecule has 0 spiro atoms. The number of amides is 1. The molecule has 43 heavy (non-hydrogen) atoms. The summed E-state index contributed by atoms with van der Waals surface area (Å²) >= 11 is 0. The quantitative estimate of drug-likeness (QED) is 0.146. The number of nitrogens with zero attached hydrogens (tertiary/aromatic N) is 4. The average molecular weight is 592 g/mol. The van der Waals surface area contributed by atoms with Crippen molar-refractivity contribution in [3.63, 3.8) is 0 Å². The molecule has 10 nitrogen and oxygen atoms in total. The van der Waals surface area contributed by atoms with E-state index in [0.29, 0.717) is 15.8 Å². The Morgan fingerprint density at radius 1 is 1.02 bits per heavy atom. The van der Waals surface area contributed by atoms with Gasteiger partial charge in [0.05, 0.1) is 35.7 Å². The number of nitro groups is 1. The lowest BCUT2D eigenvalue weighted by atomic mass is 10.0. The van der Waals surface area contributed by atoms with Crippen LogP contribution in [-0.2, 0) is 6.18 Å². The number of para-hydroxylation sites is 2. The van der Waals surface area contributed by atoms with E-state index in [1.165, 1.54) is 13.2 Å². The molecular formula is C30H24F3N5O5. The number of fused-ring (bicyclic) bond motifs is 1. The Balaban J connectivity index is 1.54. The van der Waals surface area contributed by atoms with Crippen LogP contribution in [0, 0.1) is 10.1 Å². The number of carbonyl (C=O) groups excluding carboxylic acids is 1. The van der Waals surface area contributed by atoms with Crippen molar-refractivity contribution in [2.24, 2.45) is 0 Å². The van der Waals surface area contributed by atoms with Gasteiger partial charge in [0.15, 0.2) is 22.8 Å². The molecular weight excluding hydrogens is 567 g/mol. The van der Waals surface area contributed by atoms with Crippen LogP contribution in [0.2, 0.25) is 0 Å². The fraction of sp³-hybridized carbons (Fsp3) is 0.167. The lowest BCUT2D eigenvalue weighted by Gasteiger charge is -2.13. The van der Waals surface area contributed by atoms with Crippen LogP contribution in [0.25, 0.3) is 16.9 Å². The topological polar surface area (TPSA) is 121 Å². The zero-order valence-electron chi connectivity index (χ0n) is 23.0. The number of methoxy groups -OCH3 is 1. The van der Waals surface area contributed by atoms with Crippen molar-refractivity contribution in [3.05, 3.63) is 106 Å². The summed E-state index contributed by atoms with van der Waals surface area (Å²) in [4.78, 5) is 28.6. The first kappa shape index (κ1) is 29.0. The van der Waals surface area contributed by atoms with E-state index in [1.54, 1.807) is 48.5 Å². The molecule has 0 radical (unpaired) electrons. The molecule has 1 amide bonds. The fourth-order valence-electron chi connectivity index (χ4n) is 4.36. The maximum atomic E-state index is 14.1. The number of halogens is 3. The second-order valence-electron chi connectivity index (χ2n) is 9.77. The van der Waals surface area contributed by atoms with Crippen molar-refractivity contribution in [2.45, 2.75) is 25.9 Å². The summed E-state index contributed by atoms with van der Waals surface area (Å²) in [5.74, 6) is -0.0182. The van der Waals surface area contributed by atoms with Crippen molar-refractivity contribution >= 4 is 22.9 Å². The summed E-state index contributed by atoms with van der Waals surface area (Å²) in [7, 11) is 1.43. The van der Waals surface area contributed by atoms with Crippen LogP contribution in [-0.4, -0.2) is 32.5 Å². The number of hydrogen-bond donors (Lipinski definition) is 1. The van der Waals surface area contributed by atoms with E-state index in [9.17, 15) is 28.1 Å². The van der Waals surface area contributed by atoms with E-state index in [-0.39, 0.29) is 40.0 Å². The second kappa shape index (κ2) is 11.4. The van der Waals surface area contributed by atoms with E-state index in [4.69, 9.17) is 9.47 Å². The smallest absolute Gasteiger partial charge is 0.433 e. The summed E-state index contributed by atoms with van der Waals surface area (Å²) in [5, 5.41) is 17.9. The largest absolute Gasteiger partial charge is 0.493 e. The minimum Gasteiger partial charge on any atom is -0.493 e. The van der Waals surface area contributed by atoms with Crippen LogP contribution >= 0.6 is 0 Å². The maximum absolute atomic E-state index is 14.1. The number of hydrogen-bond acceptors (Lipinski definition) is 7. The summed E-state index contributed by atoms with van der Waals surface area (Å²) < 4.78 is 53.8. The molecule has 2 aromatic heterocycles. The van der Waals surface area contributed by atoms with Gasteiger partial charge in [0.1, 0.15) is 11.3 Å². The third-order valence-corrected chi connectivity index (χ3v) is 6.54. The van der Waals surface area contributed by atoms with Gasteiger partial charge in [-0.2, -0.15) is 18.3 Å². The Bertz CT molecular complexity index is 1840. The van der Waals surface area contributed by atoms with Crippen LogP contribution in [0.5, 0.6) is 17.2 Å². The highest BCUT2D eigenvalue weighted by atomic mass is 19.4. The molecule has 13 heteroatoms. The van der Waals surface area contributed by atoms with Crippen molar-refractivity contribution in [2.75, 3.05) is 12.4 Å². The van der Waals surface area contributed by atoms with Crippen LogP contribution in [0.3, 0.4) is 0 Å². The Labute approximate surface area is 242 Å². The van der Waals surface area contributed by atoms with Crippen LogP contribution in [0.1, 0.15) is 41.4 Å². The first-order valence-electron chi connectivity index (χ1n) is 12.9. The van der Waals surface area contributed by atoms with Crippen molar-refractivity contribution in [3.8, 4) is 28.5 Å². The molecule has 0 saturated carbocycles. The van der Waals surface area contributed by atoms with Crippen molar-refractivity contribution in [1.29, 1.82) is 0 Å². The predicted octanol–water partition coefficient (Wildman–Crippen LogP) is 7.50. The van der Waals surface area contributed by atoms with E-state index < -0.39 is 28.4 Å². The Morgan fingerprint density at radius 2 is 1.72 bits per heavy atom. The number of benzene rings is 3. The molecule has 2 heterocycles. The van der Waals surface area contributed by atoms with Gasteiger partial charge in [-0.15, -0.1) is 0 Å². The minimum absolute atomic E-state index is 0.00692. The molecule has 0 aliphatic rings. The summed E-state index contributed by atoms with van der Waals surface area (Å²) in [6, 6.07) is 18.0. The van der Waals surface area contributed by atoms with Gasteiger partial charge in [-0.1, -0.05) is 50.2 Å². The molecule has 1 N–H and O–H groups in total. The lowest BCUT2D eigenvalue weighted by Crippen LogP contribution is -2.16. The van der Waals surface area contributed by atoms with E-state index >= 15 is 0 Å². The number of non-ortho nitro benzene ring substituents is 1. The number of rotatable bonds is 8.